The topological polar surface area (TPSA) is 78.8 Å². The van der Waals surface area contributed by atoms with Crippen molar-refractivity contribution < 1.29 is 4.74 Å². The largest absolute Gasteiger partial charge is 0.494 e. The maximum atomic E-state index is 5.97. The Balaban J connectivity index is 2.08. The van der Waals surface area contributed by atoms with Crippen LogP contribution in [0.25, 0.3) is 11.4 Å². The van der Waals surface area contributed by atoms with Crippen molar-refractivity contribution in [2.24, 2.45) is 5.92 Å². The summed E-state index contributed by atoms with van der Waals surface area (Å²) in [5.41, 5.74) is 7.41. The second-order valence-corrected chi connectivity index (χ2v) is 5.35. The van der Waals surface area contributed by atoms with Crippen LogP contribution in [0.3, 0.4) is 0 Å². The van der Waals surface area contributed by atoms with E-state index in [-0.39, 0.29) is 0 Å². The van der Waals surface area contributed by atoms with Crippen LogP contribution in [0.4, 0.5) is 5.69 Å². The summed E-state index contributed by atoms with van der Waals surface area (Å²) in [6.45, 7) is 2.25. The van der Waals surface area contributed by atoms with Crippen LogP contribution in [-0.4, -0.2) is 27.3 Å². The molecule has 6 nitrogen and oxygen atoms in total. The van der Waals surface area contributed by atoms with Gasteiger partial charge in [0.2, 0.25) is 0 Å². The van der Waals surface area contributed by atoms with Crippen LogP contribution in [0.1, 0.15) is 32.2 Å². The van der Waals surface area contributed by atoms with Crippen molar-refractivity contribution in [1.29, 1.82) is 0 Å². The first-order valence-corrected chi connectivity index (χ1v) is 6.93. The van der Waals surface area contributed by atoms with Gasteiger partial charge >= 0.3 is 0 Å². The van der Waals surface area contributed by atoms with Crippen molar-refractivity contribution >= 4 is 5.69 Å². The third kappa shape index (κ3) is 2.01. The number of anilines is 1. The number of rotatable bonds is 3. The second kappa shape index (κ2) is 5.11. The van der Waals surface area contributed by atoms with Crippen molar-refractivity contribution in [2.75, 3.05) is 12.8 Å². The highest BCUT2D eigenvalue weighted by atomic mass is 16.5. The Morgan fingerprint density at radius 2 is 2.20 bits per heavy atom. The quantitative estimate of drug-likeness (QED) is 0.868. The number of para-hydroxylation sites is 1. The third-order valence-corrected chi connectivity index (χ3v) is 4.11. The van der Waals surface area contributed by atoms with Crippen LogP contribution in [0, 0.1) is 5.92 Å². The highest BCUT2D eigenvalue weighted by Crippen LogP contribution is 2.39. The molecule has 1 saturated carbocycles. The van der Waals surface area contributed by atoms with E-state index in [0.29, 0.717) is 23.4 Å². The molecule has 0 radical (unpaired) electrons. The molecule has 1 aromatic carbocycles. The molecule has 0 spiro atoms. The number of hydrogen-bond donors (Lipinski definition) is 1. The van der Waals surface area contributed by atoms with Crippen molar-refractivity contribution in [2.45, 2.75) is 32.2 Å². The predicted octanol–water partition coefficient (Wildman–Crippen LogP) is 2.29. The van der Waals surface area contributed by atoms with E-state index in [1.165, 1.54) is 12.8 Å². The molecule has 3 rings (SSSR count). The molecule has 106 valence electrons. The molecule has 6 heteroatoms. The Labute approximate surface area is 117 Å². The monoisotopic (exact) mass is 273 g/mol. The Morgan fingerprint density at radius 3 is 2.90 bits per heavy atom. The Morgan fingerprint density at radius 1 is 1.35 bits per heavy atom. The van der Waals surface area contributed by atoms with Crippen LogP contribution in [0.5, 0.6) is 5.75 Å². The Kier molecular flexibility index (Phi) is 3.30. The van der Waals surface area contributed by atoms with Crippen molar-refractivity contribution in [3.05, 3.63) is 18.2 Å². The maximum absolute atomic E-state index is 5.97. The van der Waals surface area contributed by atoms with Gasteiger partial charge < -0.3 is 10.5 Å². The van der Waals surface area contributed by atoms with Gasteiger partial charge in [0.1, 0.15) is 0 Å². The fourth-order valence-electron chi connectivity index (χ4n) is 3.04. The van der Waals surface area contributed by atoms with Crippen LogP contribution in [0.15, 0.2) is 18.2 Å². The van der Waals surface area contributed by atoms with Gasteiger partial charge in [-0.2, -0.15) is 0 Å². The van der Waals surface area contributed by atoms with Gasteiger partial charge in [0.25, 0.3) is 0 Å². The summed E-state index contributed by atoms with van der Waals surface area (Å²) in [4.78, 5) is 0. The van der Waals surface area contributed by atoms with E-state index in [1.54, 1.807) is 7.11 Å². The minimum Gasteiger partial charge on any atom is -0.494 e. The molecular formula is C14H19N5O. The van der Waals surface area contributed by atoms with Gasteiger partial charge in [-0.15, -0.1) is 5.10 Å². The number of methoxy groups -OCH3 is 1. The predicted molar refractivity (Wildman–Crippen MR) is 76.3 cm³/mol. The van der Waals surface area contributed by atoms with E-state index in [0.717, 1.165) is 17.8 Å². The summed E-state index contributed by atoms with van der Waals surface area (Å²) >= 11 is 0. The van der Waals surface area contributed by atoms with Gasteiger partial charge in [0.05, 0.1) is 24.4 Å². The molecule has 0 saturated heterocycles. The first-order chi connectivity index (χ1) is 9.72. The fourth-order valence-corrected chi connectivity index (χ4v) is 3.04. The van der Waals surface area contributed by atoms with Crippen LogP contribution < -0.4 is 10.5 Å². The first-order valence-electron chi connectivity index (χ1n) is 6.93. The van der Waals surface area contributed by atoms with Gasteiger partial charge in [0, 0.05) is 0 Å². The Bertz CT molecular complexity index is 609. The number of hydrogen-bond acceptors (Lipinski definition) is 5. The highest BCUT2D eigenvalue weighted by molar-refractivity contribution is 5.73. The standard InChI is InChI=1S/C14H19N5O/c1-9-5-3-8-12(9)19-14(16-17-18-19)10-6-4-7-11(15)13(10)20-2/h4,6-7,9,12H,3,5,8,15H2,1-2H3. The van der Waals surface area contributed by atoms with Crippen LogP contribution in [-0.2, 0) is 0 Å². The summed E-state index contributed by atoms with van der Waals surface area (Å²) in [6, 6.07) is 6.00. The number of nitrogen functional groups attached to an aromatic ring is 1. The van der Waals surface area contributed by atoms with Crippen LogP contribution >= 0.6 is 0 Å². The van der Waals surface area contributed by atoms with E-state index in [4.69, 9.17) is 10.5 Å². The minimum absolute atomic E-state index is 0.353. The molecule has 0 aliphatic heterocycles. The fraction of sp³-hybridized carbons (Fsp3) is 0.500. The lowest BCUT2D eigenvalue weighted by Crippen LogP contribution is -2.15. The average Bonchev–Trinajstić information content (AvgIpc) is 3.06. The van der Waals surface area contributed by atoms with Gasteiger partial charge in [-0.05, 0) is 41.3 Å². The second-order valence-electron chi connectivity index (χ2n) is 5.35. The molecule has 1 aliphatic carbocycles. The minimum atomic E-state index is 0.353. The highest BCUT2D eigenvalue weighted by Gasteiger charge is 2.29. The van der Waals surface area contributed by atoms with E-state index in [2.05, 4.69) is 22.4 Å². The average molecular weight is 273 g/mol. The number of nitrogens with zero attached hydrogens (tertiary/aromatic N) is 4. The van der Waals surface area contributed by atoms with E-state index in [1.807, 2.05) is 22.9 Å². The zero-order valence-corrected chi connectivity index (χ0v) is 11.8. The maximum Gasteiger partial charge on any atom is 0.186 e. The number of tetrazole rings is 1. The number of ether oxygens (including phenoxy) is 1. The molecular weight excluding hydrogens is 254 g/mol. The SMILES string of the molecule is COc1c(N)cccc1-c1nnnn1C1CCCC1C. The molecule has 2 unspecified atom stereocenters. The molecule has 2 aromatic rings. The van der Waals surface area contributed by atoms with Gasteiger partial charge in [-0.1, -0.05) is 19.4 Å². The van der Waals surface area contributed by atoms with Crippen molar-refractivity contribution in [3.8, 4) is 17.1 Å². The van der Waals surface area contributed by atoms with E-state index >= 15 is 0 Å². The summed E-state index contributed by atoms with van der Waals surface area (Å²) in [6.07, 6.45) is 3.56. The molecule has 1 aromatic heterocycles. The number of nitrogens with two attached hydrogens (primary N) is 1. The molecule has 0 amide bonds. The number of aromatic nitrogens is 4. The first kappa shape index (κ1) is 12.9. The summed E-state index contributed by atoms with van der Waals surface area (Å²) < 4.78 is 7.34. The third-order valence-electron chi connectivity index (χ3n) is 4.11. The molecule has 2 N–H and O–H groups in total. The molecule has 1 fully saturated rings. The summed E-state index contributed by atoms with van der Waals surface area (Å²) in [5, 5.41) is 12.2. The lowest BCUT2D eigenvalue weighted by Gasteiger charge is -2.18. The normalized spacial score (nSPS) is 22.1. The van der Waals surface area contributed by atoms with Gasteiger partial charge in [0.15, 0.2) is 11.6 Å². The lowest BCUT2D eigenvalue weighted by molar-refractivity contribution is 0.369. The van der Waals surface area contributed by atoms with Crippen molar-refractivity contribution in [1.82, 2.24) is 20.2 Å². The molecule has 2 atom stereocenters. The summed E-state index contributed by atoms with van der Waals surface area (Å²) in [5.74, 6) is 1.95. The van der Waals surface area contributed by atoms with Crippen molar-refractivity contribution in [3.63, 3.8) is 0 Å². The molecule has 0 bridgehead atoms. The zero-order chi connectivity index (χ0) is 14.1. The molecule has 1 heterocycles. The molecule has 1 aliphatic rings. The molecule has 20 heavy (non-hydrogen) atoms. The summed E-state index contributed by atoms with van der Waals surface area (Å²) in [7, 11) is 1.61. The smallest absolute Gasteiger partial charge is 0.186 e. The van der Waals surface area contributed by atoms with Gasteiger partial charge in [-0.3, -0.25) is 0 Å². The number of benzene rings is 1. The lowest BCUT2D eigenvalue weighted by atomic mass is 10.1. The Hall–Kier alpha value is -2.11. The van der Waals surface area contributed by atoms with E-state index < -0.39 is 0 Å². The zero-order valence-electron chi connectivity index (χ0n) is 11.8. The van der Waals surface area contributed by atoms with E-state index in [9.17, 15) is 0 Å². The van der Waals surface area contributed by atoms with Crippen LogP contribution in [0.2, 0.25) is 0 Å². The van der Waals surface area contributed by atoms with Gasteiger partial charge in [-0.25, -0.2) is 4.68 Å².